The molecule has 0 saturated heterocycles. The second-order valence-corrected chi connectivity index (χ2v) is 4.30. The van der Waals surface area contributed by atoms with Gasteiger partial charge in [0, 0.05) is 11.8 Å². The molecule has 0 spiro atoms. The van der Waals surface area contributed by atoms with Crippen LogP contribution < -0.4 is 5.32 Å². The van der Waals surface area contributed by atoms with Crippen LogP contribution in [0.3, 0.4) is 0 Å². The number of nitrogens with one attached hydrogen (secondary N) is 1. The highest BCUT2D eigenvalue weighted by Gasteiger charge is 2.20. The van der Waals surface area contributed by atoms with Crippen molar-refractivity contribution in [2.24, 2.45) is 0 Å². The van der Waals surface area contributed by atoms with Crippen molar-refractivity contribution in [3.05, 3.63) is 35.4 Å². The van der Waals surface area contributed by atoms with E-state index in [1.54, 1.807) is 0 Å². The number of rotatable bonds is 5. The molecule has 0 aromatic heterocycles. The van der Waals surface area contributed by atoms with Crippen LogP contribution in [0.4, 0.5) is 4.79 Å². The van der Waals surface area contributed by atoms with E-state index in [4.69, 9.17) is 7.85 Å². The van der Waals surface area contributed by atoms with E-state index in [1.165, 1.54) is 7.11 Å². The zero-order valence-electron chi connectivity index (χ0n) is 9.98. The topological polar surface area (TPSA) is 55.4 Å². The lowest BCUT2D eigenvalue weighted by Crippen LogP contribution is -2.42. The number of ether oxygens (including phenoxy) is 1. The van der Waals surface area contributed by atoms with E-state index < -0.39 is 17.8 Å². The largest absolute Gasteiger partial charge is 0.467 e. The van der Waals surface area contributed by atoms with Crippen LogP contribution in [0.1, 0.15) is 11.1 Å². The second kappa shape index (κ2) is 7.21. The van der Waals surface area contributed by atoms with E-state index in [2.05, 4.69) is 26.0 Å². The summed E-state index contributed by atoms with van der Waals surface area (Å²) >= 11 is 3.35. The fourth-order valence-electron chi connectivity index (χ4n) is 1.51. The fourth-order valence-corrected chi connectivity index (χ4v) is 1.88. The molecule has 1 unspecified atom stereocenters. The van der Waals surface area contributed by atoms with Gasteiger partial charge in [0.05, 0.1) is 7.11 Å². The third-order valence-corrected chi connectivity index (χ3v) is 3.07. The molecule has 0 saturated carbocycles. The van der Waals surface area contributed by atoms with Crippen molar-refractivity contribution in [2.75, 3.05) is 7.11 Å². The molecular weight excluding hydrogens is 297 g/mol. The molecule has 1 N–H and O–H groups in total. The van der Waals surface area contributed by atoms with E-state index in [1.807, 2.05) is 24.3 Å². The maximum absolute atomic E-state index is 11.5. The lowest BCUT2D eigenvalue weighted by Gasteiger charge is -2.15. The summed E-state index contributed by atoms with van der Waals surface area (Å²) in [6, 6.07) is 6.93. The monoisotopic (exact) mass is 309 g/mol. The van der Waals surface area contributed by atoms with Gasteiger partial charge in [-0.1, -0.05) is 40.2 Å². The van der Waals surface area contributed by atoms with Crippen LogP contribution in [-0.4, -0.2) is 32.8 Å². The summed E-state index contributed by atoms with van der Waals surface area (Å²) in [5.41, 5.74) is 2.06. The molecule has 0 fully saturated rings. The van der Waals surface area contributed by atoms with Gasteiger partial charge < -0.3 is 10.1 Å². The molecule has 1 atom stereocenters. The Balaban J connectivity index is 2.75. The lowest BCUT2D eigenvalue weighted by atomic mass is 10.0. The van der Waals surface area contributed by atoms with Crippen LogP contribution in [0, 0.1) is 0 Å². The normalized spacial score (nSPS) is 11.7. The molecule has 0 heterocycles. The van der Waals surface area contributed by atoms with E-state index in [0.717, 1.165) is 16.5 Å². The van der Waals surface area contributed by atoms with Crippen molar-refractivity contribution in [3.8, 4) is 0 Å². The molecular formula is C12H13BBrNO3. The summed E-state index contributed by atoms with van der Waals surface area (Å²) in [6.45, 7) is 0. The number of methoxy groups -OCH3 is 1. The predicted octanol–water partition coefficient (Wildman–Crippen LogP) is 1.54. The van der Waals surface area contributed by atoms with Crippen molar-refractivity contribution in [1.82, 2.24) is 5.32 Å². The van der Waals surface area contributed by atoms with Crippen LogP contribution in [0.15, 0.2) is 24.3 Å². The van der Waals surface area contributed by atoms with Crippen molar-refractivity contribution in [1.29, 1.82) is 0 Å². The first kappa shape index (κ1) is 14.8. The number of benzene rings is 1. The van der Waals surface area contributed by atoms with Crippen molar-refractivity contribution < 1.29 is 14.3 Å². The fraction of sp³-hybridized carbons (Fsp3) is 0.333. The SMILES string of the molecule is [B]C(=O)NC(Cc1ccc(CBr)cc1)C(=O)OC. The highest BCUT2D eigenvalue weighted by molar-refractivity contribution is 9.08. The number of esters is 1. The van der Waals surface area contributed by atoms with Gasteiger partial charge in [-0.2, -0.15) is 0 Å². The molecule has 18 heavy (non-hydrogen) atoms. The summed E-state index contributed by atoms with van der Waals surface area (Å²) in [6.07, 6.45) is 0.345. The van der Waals surface area contributed by atoms with Gasteiger partial charge in [-0.05, 0) is 11.1 Å². The molecule has 0 aliphatic carbocycles. The van der Waals surface area contributed by atoms with E-state index in [9.17, 15) is 9.59 Å². The van der Waals surface area contributed by atoms with Crippen LogP contribution in [0.5, 0.6) is 0 Å². The Bertz CT molecular complexity index is 422. The Morgan fingerprint density at radius 3 is 2.33 bits per heavy atom. The number of halogens is 1. The number of carbonyl (C=O) groups is 2. The Kier molecular flexibility index (Phi) is 5.91. The molecule has 2 radical (unpaired) electrons. The highest BCUT2D eigenvalue weighted by atomic mass is 79.9. The third kappa shape index (κ3) is 4.53. The average Bonchev–Trinajstić information content (AvgIpc) is 2.37. The molecule has 1 aromatic carbocycles. The molecule has 1 rings (SSSR count). The van der Waals surface area contributed by atoms with Gasteiger partial charge in [-0.3, -0.25) is 4.79 Å². The van der Waals surface area contributed by atoms with E-state index in [-0.39, 0.29) is 0 Å². The van der Waals surface area contributed by atoms with Gasteiger partial charge in [0.15, 0.2) is 5.81 Å². The van der Waals surface area contributed by atoms with Crippen molar-refractivity contribution in [3.63, 3.8) is 0 Å². The first-order valence-electron chi connectivity index (χ1n) is 5.34. The summed E-state index contributed by atoms with van der Waals surface area (Å²) in [5.74, 6) is -1.26. The average molecular weight is 310 g/mol. The lowest BCUT2D eigenvalue weighted by molar-refractivity contribution is -0.142. The first-order chi connectivity index (χ1) is 8.56. The highest BCUT2D eigenvalue weighted by Crippen LogP contribution is 2.10. The number of carbonyl (C=O) groups excluding carboxylic acids is 2. The van der Waals surface area contributed by atoms with Gasteiger partial charge in [-0.25, -0.2) is 4.79 Å². The summed E-state index contributed by atoms with van der Waals surface area (Å²) in [4.78, 5) is 22.3. The first-order valence-corrected chi connectivity index (χ1v) is 6.46. The molecule has 4 nitrogen and oxygen atoms in total. The zero-order chi connectivity index (χ0) is 13.5. The molecule has 1 amide bonds. The maximum Gasteiger partial charge on any atom is 0.328 e. The molecule has 6 heteroatoms. The molecule has 0 aliphatic rings. The molecule has 0 bridgehead atoms. The number of amides is 1. The zero-order valence-corrected chi connectivity index (χ0v) is 11.6. The number of hydrogen-bond donors (Lipinski definition) is 1. The van der Waals surface area contributed by atoms with Crippen molar-refractivity contribution >= 4 is 35.6 Å². The summed E-state index contributed by atoms with van der Waals surface area (Å²) < 4.78 is 4.61. The summed E-state index contributed by atoms with van der Waals surface area (Å²) in [7, 11) is 6.29. The Hall–Kier alpha value is -1.30. The number of hydrogen-bond acceptors (Lipinski definition) is 3. The van der Waals surface area contributed by atoms with Crippen LogP contribution in [0.25, 0.3) is 0 Å². The minimum atomic E-state index is -0.762. The van der Waals surface area contributed by atoms with Crippen LogP contribution in [-0.2, 0) is 21.3 Å². The van der Waals surface area contributed by atoms with Gasteiger partial charge in [0.1, 0.15) is 6.04 Å². The Labute approximate surface area is 116 Å². The van der Waals surface area contributed by atoms with E-state index in [0.29, 0.717) is 6.42 Å². The Morgan fingerprint density at radius 2 is 1.89 bits per heavy atom. The standard InChI is InChI=1S/C12H13BBrNO3/c1-18-11(16)10(15-12(13)17)6-8-2-4-9(7-14)5-3-8/h2-5,10H,6-7H2,1H3,(H,15,17). The Morgan fingerprint density at radius 1 is 1.33 bits per heavy atom. The van der Waals surface area contributed by atoms with Gasteiger partial charge >= 0.3 is 5.97 Å². The molecule has 94 valence electrons. The third-order valence-electron chi connectivity index (χ3n) is 2.42. The van der Waals surface area contributed by atoms with Gasteiger partial charge in [-0.15, -0.1) is 0 Å². The molecule has 0 aliphatic heterocycles. The van der Waals surface area contributed by atoms with Crippen LogP contribution >= 0.6 is 15.9 Å². The van der Waals surface area contributed by atoms with Gasteiger partial charge in [0.25, 0.3) is 0 Å². The van der Waals surface area contributed by atoms with E-state index >= 15 is 0 Å². The van der Waals surface area contributed by atoms with Crippen LogP contribution in [0.2, 0.25) is 0 Å². The maximum atomic E-state index is 11.5. The molecule has 1 aromatic rings. The van der Waals surface area contributed by atoms with Crippen molar-refractivity contribution in [2.45, 2.75) is 17.8 Å². The van der Waals surface area contributed by atoms with Gasteiger partial charge in [0.2, 0.25) is 7.85 Å². The quantitative estimate of drug-likeness (QED) is 0.510. The predicted molar refractivity (Wildman–Crippen MR) is 72.9 cm³/mol. The second-order valence-electron chi connectivity index (χ2n) is 3.74. The smallest absolute Gasteiger partial charge is 0.328 e. The minimum absolute atomic E-state index is 0.345. The minimum Gasteiger partial charge on any atom is -0.467 e. The summed E-state index contributed by atoms with van der Waals surface area (Å²) in [5, 5.41) is 3.13. The number of alkyl halides is 1.